The number of rotatable bonds is 15. The van der Waals surface area contributed by atoms with E-state index in [1.807, 2.05) is 6.92 Å². The van der Waals surface area contributed by atoms with Crippen LogP contribution in [0.2, 0.25) is 0 Å². The highest BCUT2D eigenvalue weighted by atomic mass is 17.5. The minimum absolute atomic E-state index is 0.0137. The normalized spacial score (nSPS) is 10.4. The third-order valence-electron chi connectivity index (χ3n) is 3.66. The molecule has 8 nitrogen and oxygen atoms in total. The van der Waals surface area contributed by atoms with Crippen LogP contribution in [0.15, 0.2) is 24.3 Å². The molecule has 0 fully saturated rings. The first-order chi connectivity index (χ1) is 13.7. The highest BCUT2D eigenvalue weighted by molar-refractivity contribution is 5.89. The van der Waals surface area contributed by atoms with Crippen LogP contribution in [0.4, 0.5) is 4.79 Å². The molecule has 0 radical (unpaired) electrons. The van der Waals surface area contributed by atoms with Gasteiger partial charge in [-0.15, -0.1) is 0 Å². The van der Waals surface area contributed by atoms with E-state index in [4.69, 9.17) is 9.47 Å². The van der Waals surface area contributed by atoms with Crippen LogP contribution in [0.25, 0.3) is 0 Å². The molecule has 0 aliphatic carbocycles. The van der Waals surface area contributed by atoms with Crippen molar-refractivity contribution in [3.8, 4) is 5.75 Å². The molecule has 0 unspecified atom stereocenters. The van der Waals surface area contributed by atoms with E-state index in [9.17, 15) is 9.59 Å². The second kappa shape index (κ2) is 15.7. The molecule has 8 heteroatoms. The SMILES string of the molecule is CCCCCCOc1ccc(C(=O)OOOC(=O)OCCOCCCC)cc1. The summed E-state index contributed by atoms with van der Waals surface area (Å²) in [4.78, 5) is 31.6. The van der Waals surface area contributed by atoms with Crippen LogP contribution in [0.5, 0.6) is 5.75 Å². The van der Waals surface area contributed by atoms with Gasteiger partial charge in [0.1, 0.15) is 12.4 Å². The zero-order chi connectivity index (χ0) is 20.5. The Bertz CT molecular complexity index is 544. The topological polar surface area (TPSA) is 89.5 Å². The molecular weight excluding hydrogens is 368 g/mol. The fraction of sp³-hybridized carbons (Fsp3) is 0.600. The minimum Gasteiger partial charge on any atom is -0.494 e. The molecular formula is C20H30O8. The van der Waals surface area contributed by atoms with Gasteiger partial charge in [0.2, 0.25) is 0 Å². The lowest BCUT2D eigenvalue weighted by Crippen LogP contribution is -2.14. The molecule has 0 saturated carbocycles. The average Bonchev–Trinajstić information content (AvgIpc) is 2.71. The van der Waals surface area contributed by atoms with Gasteiger partial charge in [-0.25, -0.2) is 14.5 Å². The Hall–Kier alpha value is -2.32. The molecule has 158 valence electrons. The first-order valence-corrected chi connectivity index (χ1v) is 9.70. The molecule has 0 heterocycles. The van der Waals surface area contributed by atoms with Gasteiger partial charge in [0.15, 0.2) is 0 Å². The highest BCUT2D eigenvalue weighted by Gasteiger charge is 2.12. The predicted molar refractivity (Wildman–Crippen MR) is 101 cm³/mol. The fourth-order valence-corrected chi connectivity index (χ4v) is 2.09. The maximum Gasteiger partial charge on any atom is 0.543 e. The van der Waals surface area contributed by atoms with Crippen molar-refractivity contribution < 1.29 is 38.6 Å². The molecule has 0 aromatic heterocycles. The van der Waals surface area contributed by atoms with Crippen LogP contribution >= 0.6 is 0 Å². The second-order valence-corrected chi connectivity index (χ2v) is 6.02. The van der Waals surface area contributed by atoms with Gasteiger partial charge in [-0.3, -0.25) is 4.89 Å². The molecule has 0 atom stereocenters. The van der Waals surface area contributed by atoms with Gasteiger partial charge in [-0.1, -0.05) is 39.5 Å². The van der Waals surface area contributed by atoms with Crippen LogP contribution in [0, 0.1) is 0 Å². The van der Waals surface area contributed by atoms with E-state index in [0.717, 1.165) is 25.7 Å². The lowest BCUT2D eigenvalue weighted by atomic mass is 10.2. The maximum atomic E-state index is 11.8. The number of unbranched alkanes of at least 4 members (excludes halogenated alkanes) is 4. The Labute approximate surface area is 165 Å². The summed E-state index contributed by atoms with van der Waals surface area (Å²) in [5.74, 6) is -0.153. The number of hydrogen-bond donors (Lipinski definition) is 0. The summed E-state index contributed by atoms with van der Waals surface area (Å²) >= 11 is 0. The van der Waals surface area contributed by atoms with E-state index in [0.29, 0.717) is 19.0 Å². The molecule has 0 aliphatic rings. The third kappa shape index (κ3) is 11.4. The predicted octanol–water partition coefficient (Wildman–Crippen LogP) is 4.62. The van der Waals surface area contributed by atoms with Gasteiger partial charge in [-0.05, 0) is 37.1 Å². The zero-order valence-corrected chi connectivity index (χ0v) is 16.6. The minimum atomic E-state index is -1.13. The van der Waals surface area contributed by atoms with Crippen LogP contribution < -0.4 is 4.74 Å². The van der Waals surface area contributed by atoms with E-state index in [2.05, 4.69) is 26.5 Å². The Kier molecular flexibility index (Phi) is 13.3. The standard InChI is InChI=1S/C20H30O8/c1-3-5-7-8-14-24-18-11-9-17(10-12-18)19(21)26-28-27-20(22)25-16-15-23-13-6-4-2/h9-12H,3-8,13-16H2,1-2H3. The molecule has 0 N–H and O–H groups in total. The lowest BCUT2D eigenvalue weighted by Gasteiger charge is -2.07. The van der Waals surface area contributed by atoms with E-state index in [-0.39, 0.29) is 18.8 Å². The monoisotopic (exact) mass is 398 g/mol. The van der Waals surface area contributed by atoms with Crippen molar-refractivity contribution in [3.05, 3.63) is 29.8 Å². The first-order valence-electron chi connectivity index (χ1n) is 9.70. The second-order valence-electron chi connectivity index (χ2n) is 6.02. The van der Waals surface area contributed by atoms with Crippen LogP contribution in [0.3, 0.4) is 0 Å². The van der Waals surface area contributed by atoms with Gasteiger partial charge in [0, 0.05) is 6.61 Å². The fourth-order valence-electron chi connectivity index (χ4n) is 2.09. The molecule has 0 saturated heterocycles. The average molecular weight is 398 g/mol. The summed E-state index contributed by atoms with van der Waals surface area (Å²) in [6.07, 6.45) is 5.33. The number of carbonyl (C=O) groups excluding carboxylic acids is 2. The van der Waals surface area contributed by atoms with Crippen molar-refractivity contribution in [1.82, 2.24) is 0 Å². The molecule has 1 rings (SSSR count). The van der Waals surface area contributed by atoms with E-state index >= 15 is 0 Å². The van der Waals surface area contributed by atoms with Gasteiger partial charge in [0.05, 0.1) is 23.8 Å². The van der Waals surface area contributed by atoms with Crippen LogP contribution in [-0.2, 0) is 24.3 Å². The van der Waals surface area contributed by atoms with Crippen molar-refractivity contribution in [1.29, 1.82) is 0 Å². The van der Waals surface area contributed by atoms with Crippen molar-refractivity contribution in [2.75, 3.05) is 26.4 Å². The Morgan fingerprint density at radius 2 is 1.54 bits per heavy atom. The molecule has 0 aliphatic heterocycles. The molecule has 0 amide bonds. The van der Waals surface area contributed by atoms with Gasteiger partial charge >= 0.3 is 12.1 Å². The van der Waals surface area contributed by atoms with E-state index < -0.39 is 12.1 Å². The Morgan fingerprint density at radius 3 is 2.25 bits per heavy atom. The number of hydrogen-bond acceptors (Lipinski definition) is 8. The number of benzene rings is 1. The van der Waals surface area contributed by atoms with Gasteiger partial charge < -0.3 is 14.2 Å². The molecule has 1 aromatic rings. The highest BCUT2D eigenvalue weighted by Crippen LogP contribution is 2.14. The number of carbonyl (C=O) groups is 2. The zero-order valence-electron chi connectivity index (χ0n) is 16.6. The molecule has 0 bridgehead atoms. The van der Waals surface area contributed by atoms with Crippen LogP contribution in [0.1, 0.15) is 62.7 Å². The van der Waals surface area contributed by atoms with E-state index in [1.54, 1.807) is 12.1 Å². The summed E-state index contributed by atoms with van der Waals surface area (Å²) in [6, 6.07) is 6.37. The first kappa shape index (κ1) is 23.7. The van der Waals surface area contributed by atoms with Crippen LogP contribution in [-0.4, -0.2) is 38.6 Å². The summed E-state index contributed by atoms with van der Waals surface area (Å²) in [6.45, 7) is 5.70. The molecule has 0 spiro atoms. The maximum absolute atomic E-state index is 11.8. The van der Waals surface area contributed by atoms with Crippen molar-refractivity contribution in [2.45, 2.75) is 52.4 Å². The smallest absolute Gasteiger partial charge is 0.494 e. The molecule has 28 heavy (non-hydrogen) atoms. The number of ether oxygens (including phenoxy) is 3. The largest absolute Gasteiger partial charge is 0.543 e. The van der Waals surface area contributed by atoms with E-state index in [1.165, 1.54) is 25.0 Å². The third-order valence-corrected chi connectivity index (χ3v) is 3.66. The lowest BCUT2D eigenvalue weighted by molar-refractivity contribution is -0.452. The quantitative estimate of drug-likeness (QED) is 0.183. The van der Waals surface area contributed by atoms with Crippen molar-refractivity contribution in [3.63, 3.8) is 0 Å². The summed E-state index contributed by atoms with van der Waals surface area (Å²) in [5.41, 5.74) is 0.222. The van der Waals surface area contributed by atoms with Crippen molar-refractivity contribution >= 4 is 12.1 Å². The van der Waals surface area contributed by atoms with Crippen molar-refractivity contribution in [2.24, 2.45) is 0 Å². The summed E-state index contributed by atoms with van der Waals surface area (Å²) < 4.78 is 15.5. The Morgan fingerprint density at radius 1 is 0.786 bits per heavy atom. The Balaban J connectivity index is 2.15. The summed E-state index contributed by atoms with van der Waals surface area (Å²) in [5, 5.41) is 4.14. The van der Waals surface area contributed by atoms with Gasteiger partial charge in [0.25, 0.3) is 0 Å². The summed E-state index contributed by atoms with van der Waals surface area (Å²) in [7, 11) is 0. The molecule has 1 aromatic carbocycles. The van der Waals surface area contributed by atoms with Gasteiger partial charge in [-0.2, -0.15) is 0 Å².